The zero-order valence-electron chi connectivity index (χ0n) is 14.8. The number of hydrogen-bond acceptors (Lipinski definition) is 5. The van der Waals surface area contributed by atoms with Gasteiger partial charge in [-0.2, -0.15) is 5.10 Å². The van der Waals surface area contributed by atoms with Crippen molar-refractivity contribution in [2.24, 2.45) is 5.92 Å². The quantitative estimate of drug-likeness (QED) is 0.774. The standard InChI is InChI=1S/C19H24N4O2S/c24-18(22-8-10-25-11-9-22)16-5-3-7-21(13-16)14-23-19(26)17-6-2-1-4-15(17)12-20-23/h1-2,4,6,12,16H,3,5,7-11,13-14H2/t16-/m1/s1. The van der Waals surface area contributed by atoms with Crippen LogP contribution in [0.2, 0.25) is 0 Å². The van der Waals surface area contributed by atoms with Crippen molar-refractivity contribution in [3.05, 3.63) is 35.1 Å². The largest absolute Gasteiger partial charge is 0.378 e. The molecular weight excluding hydrogens is 348 g/mol. The number of carbonyl (C=O) groups is 1. The minimum Gasteiger partial charge on any atom is -0.378 e. The summed E-state index contributed by atoms with van der Waals surface area (Å²) in [7, 11) is 0. The minimum absolute atomic E-state index is 0.0662. The van der Waals surface area contributed by atoms with Crippen molar-refractivity contribution in [3.8, 4) is 0 Å². The molecule has 1 aromatic heterocycles. The van der Waals surface area contributed by atoms with Crippen LogP contribution in [0.4, 0.5) is 0 Å². The zero-order chi connectivity index (χ0) is 17.9. The fourth-order valence-electron chi connectivity index (χ4n) is 3.85. The van der Waals surface area contributed by atoms with Crippen LogP contribution in [-0.2, 0) is 16.2 Å². The van der Waals surface area contributed by atoms with Crippen LogP contribution in [0.5, 0.6) is 0 Å². The van der Waals surface area contributed by atoms with Crippen molar-refractivity contribution in [2.75, 3.05) is 39.4 Å². The van der Waals surface area contributed by atoms with Crippen LogP contribution in [0.1, 0.15) is 12.8 Å². The normalized spacial score (nSPS) is 21.8. The number of morpholine rings is 1. The molecule has 0 aliphatic carbocycles. The summed E-state index contributed by atoms with van der Waals surface area (Å²) in [6.07, 6.45) is 3.86. The maximum absolute atomic E-state index is 12.8. The highest BCUT2D eigenvalue weighted by Crippen LogP contribution is 2.21. The minimum atomic E-state index is 0.0662. The summed E-state index contributed by atoms with van der Waals surface area (Å²) < 4.78 is 7.99. The van der Waals surface area contributed by atoms with Crippen LogP contribution < -0.4 is 0 Å². The Hall–Kier alpha value is -1.83. The van der Waals surface area contributed by atoms with Crippen molar-refractivity contribution in [2.45, 2.75) is 19.5 Å². The monoisotopic (exact) mass is 372 g/mol. The van der Waals surface area contributed by atoms with Gasteiger partial charge in [-0.3, -0.25) is 9.69 Å². The summed E-state index contributed by atoms with van der Waals surface area (Å²) in [6, 6.07) is 8.06. The molecule has 2 aliphatic rings. The van der Waals surface area contributed by atoms with E-state index in [0.717, 1.165) is 41.3 Å². The maximum Gasteiger partial charge on any atom is 0.227 e. The van der Waals surface area contributed by atoms with Gasteiger partial charge in [-0.05, 0) is 19.4 Å². The lowest BCUT2D eigenvalue weighted by molar-refractivity contribution is -0.141. The van der Waals surface area contributed by atoms with E-state index in [0.29, 0.717) is 33.0 Å². The second kappa shape index (κ2) is 7.82. The molecule has 3 heterocycles. The van der Waals surface area contributed by atoms with Gasteiger partial charge in [0.2, 0.25) is 5.91 Å². The Kier molecular flexibility index (Phi) is 5.28. The van der Waals surface area contributed by atoms with Crippen LogP contribution in [0.15, 0.2) is 30.5 Å². The number of amides is 1. The number of ether oxygens (including phenoxy) is 1. The Labute approximate surface area is 158 Å². The second-order valence-electron chi connectivity index (χ2n) is 7.03. The Bertz CT molecular complexity index is 847. The Balaban J connectivity index is 1.46. The van der Waals surface area contributed by atoms with Gasteiger partial charge in [0.25, 0.3) is 0 Å². The number of hydrogen-bond donors (Lipinski definition) is 0. The van der Waals surface area contributed by atoms with E-state index in [1.165, 1.54) is 0 Å². The SMILES string of the molecule is O=C([C@@H]1CCCN(Cn2ncc3ccccc3c2=S)C1)N1CCOCC1. The molecule has 2 aliphatic heterocycles. The average molecular weight is 372 g/mol. The molecule has 0 bridgehead atoms. The summed E-state index contributed by atoms with van der Waals surface area (Å²) in [5, 5.41) is 6.63. The summed E-state index contributed by atoms with van der Waals surface area (Å²) in [5.74, 6) is 0.338. The number of nitrogens with zero attached hydrogens (tertiary/aromatic N) is 4. The van der Waals surface area contributed by atoms with Crippen LogP contribution in [0.3, 0.4) is 0 Å². The van der Waals surface area contributed by atoms with Crippen molar-refractivity contribution >= 4 is 28.9 Å². The van der Waals surface area contributed by atoms with Crippen LogP contribution in [0.25, 0.3) is 10.8 Å². The summed E-state index contributed by atoms with van der Waals surface area (Å²) >= 11 is 5.63. The lowest BCUT2D eigenvalue weighted by Gasteiger charge is -2.36. The smallest absolute Gasteiger partial charge is 0.227 e. The van der Waals surface area contributed by atoms with E-state index in [-0.39, 0.29) is 11.8 Å². The van der Waals surface area contributed by atoms with Crippen molar-refractivity contribution in [3.63, 3.8) is 0 Å². The fourth-order valence-corrected chi connectivity index (χ4v) is 4.14. The first-order chi connectivity index (χ1) is 12.7. The molecule has 0 spiro atoms. The van der Waals surface area contributed by atoms with Crippen LogP contribution in [0, 0.1) is 10.6 Å². The van der Waals surface area contributed by atoms with E-state index in [1.54, 1.807) is 0 Å². The third kappa shape index (κ3) is 3.65. The first kappa shape index (κ1) is 17.6. The zero-order valence-corrected chi connectivity index (χ0v) is 15.7. The molecule has 138 valence electrons. The van der Waals surface area contributed by atoms with E-state index >= 15 is 0 Å². The van der Waals surface area contributed by atoms with Crippen molar-refractivity contribution in [1.82, 2.24) is 19.6 Å². The molecule has 4 rings (SSSR count). The molecular formula is C19H24N4O2S. The highest BCUT2D eigenvalue weighted by Gasteiger charge is 2.30. The van der Waals surface area contributed by atoms with E-state index in [2.05, 4.69) is 10.00 Å². The van der Waals surface area contributed by atoms with E-state index in [1.807, 2.05) is 40.0 Å². The molecule has 26 heavy (non-hydrogen) atoms. The molecule has 0 unspecified atom stereocenters. The number of fused-ring (bicyclic) bond motifs is 1. The van der Waals surface area contributed by atoms with Gasteiger partial charge >= 0.3 is 0 Å². The molecule has 1 atom stereocenters. The molecule has 6 nitrogen and oxygen atoms in total. The molecule has 7 heteroatoms. The van der Waals surface area contributed by atoms with Gasteiger partial charge in [-0.1, -0.05) is 36.5 Å². The van der Waals surface area contributed by atoms with Gasteiger partial charge in [-0.25, -0.2) is 4.68 Å². The third-order valence-electron chi connectivity index (χ3n) is 5.27. The van der Waals surface area contributed by atoms with Crippen molar-refractivity contribution < 1.29 is 9.53 Å². The average Bonchev–Trinajstić information content (AvgIpc) is 2.71. The van der Waals surface area contributed by atoms with Crippen LogP contribution >= 0.6 is 12.2 Å². The highest BCUT2D eigenvalue weighted by molar-refractivity contribution is 7.71. The first-order valence-electron chi connectivity index (χ1n) is 9.26. The molecule has 0 radical (unpaired) electrons. The Morgan fingerprint density at radius 3 is 2.88 bits per heavy atom. The predicted molar refractivity (Wildman–Crippen MR) is 102 cm³/mol. The molecule has 2 fully saturated rings. The molecule has 1 amide bonds. The summed E-state index contributed by atoms with van der Waals surface area (Å²) in [5.41, 5.74) is 0. The van der Waals surface area contributed by atoms with Gasteiger partial charge in [0.15, 0.2) is 0 Å². The number of likely N-dealkylation sites (tertiary alicyclic amines) is 1. The number of benzene rings is 1. The third-order valence-corrected chi connectivity index (χ3v) is 5.70. The van der Waals surface area contributed by atoms with E-state index in [4.69, 9.17) is 17.0 Å². The van der Waals surface area contributed by atoms with Gasteiger partial charge in [0.1, 0.15) is 4.64 Å². The number of piperidine rings is 1. The number of aromatic nitrogens is 2. The first-order valence-corrected chi connectivity index (χ1v) is 9.67. The fraction of sp³-hybridized carbons (Fsp3) is 0.526. The van der Waals surface area contributed by atoms with E-state index < -0.39 is 0 Å². The van der Waals surface area contributed by atoms with Crippen LogP contribution in [-0.4, -0.2) is 64.9 Å². The van der Waals surface area contributed by atoms with E-state index in [9.17, 15) is 4.79 Å². The Morgan fingerprint density at radius 1 is 1.23 bits per heavy atom. The maximum atomic E-state index is 12.8. The van der Waals surface area contributed by atoms with Gasteiger partial charge in [0.05, 0.1) is 32.0 Å². The molecule has 0 saturated carbocycles. The lowest BCUT2D eigenvalue weighted by Crippen LogP contribution is -2.48. The van der Waals surface area contributed by atoms with Gasteiger partial charge in [-0.15, -0.1) is 0 Å². The topological polar surface area (TPSA) is 50.6 Å². The Morgan fingerprint density at radius 2 is 2.04 bits per heavy atom. The van der Waals surface area contributed by atoms with Gasteiger partial charge in [0, 0.05) is 30.4 Å². The molecule has 0 N–H and O–H groups in total. The molecule has 2 aromatic rings. The molecule has 2 saturated heterocycles. The molecule has 1 aromatic carbocycles. The summed E-state index contributed by atoms with van der Waals surface area (Å²) in [6.45, 7) is 5.11. The lowest BCUT2D eigenvalue weighted by atomic mass is 9.96. The van der Waals surface area contributed by atoms with Crippen molar-refractivity contribution in [1.29, 1.82) is 0 Å². The predicted octanol–water partition coefficient (Wildman–Crippen LogP) is 2.29. The second-order valence-corrected chi connectivity index (χ2v) is 7.42. The highest BCUT2D eigenvalue weighted by atomic mass is 32.1. The van der Waals surface area contributed by atoms with Gasteiger partial charge < -0.3 is 9.64 Å². The summed E-state index contributed by atoms with van der Waals surface area (Å²) in [4.78, 5) is 17.0. The number of rotatable bonds is 3. The number of carbonyl (C=O) groups excluding carboxylic acids is 1.